The minimum atomic E-state index is -3.19. The number of ketones is 1. The lowest BCUT2D eigenvalue weighted by Crippen LogP contribution is -2.43. The molecule has 3 rings (SSSR count). The highest BCUT2D eigenvalue weighted by molar-refractivity contribution is 7.89. The Kier molecular flexibility index (Phi) is 4.69. The van der Waals surface area contributed by atoms with Crippen molar-refractivity contribution in [3.8, 4) is 0 Å². The smallest absolute Gasteiger partial charge is 0.214 e. The van der Waals surface area contributed by atoms with Crippen molar-refractivity contribution < 1.29 is 13.2 Å². The van der Waals surface area contributed by atoms with E-state index in [4.69, 9.17) is 0 Å². The normalized spacial score (nSPS) is 32.9. The van der Waals surface area contributed by atoms with E-state index < -0.39 is 10.0 Å². The SMILES string of the molecule is O=C1CCCC1C1CCCN1S(=O)(=O)CC1CCCCC1. The van der Waals surface area contributed by atoms with Crippen LogP contribution in [0.5, 0.6) is 0 Å². The van der Waals surface area contributed by atoms with Crippen molar-refractivity contribution in [3.63, 3.8) is 0 Å². The van der Waals surface area contributed by atoms with Gasteiger partial charge in [0.05, 0.1) is 5.75 Å². The molecule has 21 heavy (non-hydrogen) atoms. The van der Waals surface area contributed by atoms with E-state index in [2.05, 4.69) is 0 Å². The Morgan fingerprint density at radius 3 is 2.38 bits per heavy atom. The van der Waals surface area contributed by atoms with Crippen LogP contribution in [0.2, 0.25) is 0 Å². The first-order valence-electron chi connectivity index (χ1n) is 8.60. The number of Topliss-reactive ketones (excluding diaryl/α,β-unsaturated/α-hetero) is 1. The molecule has 0 amide bonds. The third kappa shape index (κ3) is 3.34. The maximum atomic E-state index is 12.8. The van der Waals surface area contributed by atoms with Gasteiger partial charge in [-0.15, -0.1) is 0 Å². The van der Waals surface area contributed by atoms with Crippen molar-refractivity contribution in [2.75, 3.05) is 12.3 Å². The van der Waals surface area contributed by atoms with Gasteiger partial charge in [-0.25, -0.2) is 8.42 Å². The van der Waals surface area contributed by atoms with E-state index in [1.807, 2.05) is 0 Å². The molecule has 2 saturated carbocycles. The Bertz CT molecular complexity index is 482. The van der Waals surface area contributed by atoms with Crippen LogP contribution in [-0.2, 0) is 14.8 Å². The second-order valence-electron chi connectivity index (χ2n) is 7.07. The van der Waals surface area contributed by atoms with Crippen LogP contribution in [0.3, 0.4) is 0 Å². The molecule has 4 nitrogen and oxygen atoms in total. The van der Waals surface area contributed by atoms with Crippen molar-refractivity contribution in [3.05, 3.63) is 0 Å². The number of hydrogen-bond donors (Lipinski definition) is 0. The highest BCUT2D eigenvalue weighted by atomic mass is 32.2. The number of sulfonamides is 1. The third-order valence-corrected chi connectivity index (χ3v) is 7.65. The minimum Gasteiger partial charge on any atom is -0.299 e. The summed E-state index contributed by atoms with van der Waals surface area (Å²) < 4.78 is 27.3. The van der Waals surface area contributed by atoms with Gasteiger partial charge in [-0.2, -0.15) is 4.31 Å². The molecule has 120 valence electrons. The van der Waals surface area contributed by atoms with Crippen molar-refractivity contribution in [1.29, 1.82) is 0 Å². The molecule has 2 atom stereocenters. The fraction of sp³-hybridized carbons (Fsp3) is 0.938. The zero-order valence-electron chi connectivity index (χ0n) is 12.8. The number of carbonyl (C=O) groups excluding carboxylic acids is 1. The fourth-order valence-electron chi connectivity index (χ4n) is 4.51. The van der Waals surface area contributed by atoms with E-state index >= 15 is 0 Å². The van der Waals surface area contributed by atoms with E-state index in [0.717, 1.165) is 38.5 Å². The molecule has 2 unspecified atom stereocenters. The second kappa shape index (κ2) is 6.37. The van der Waals surface area contributed by atoms with Crippen LogP contribution >= 0.6 is 0 Å². The van der Waals surface area contributed by atoms with Gasteiger partial charge < -0.3 is 0 Å². The summed E-state index contributed by atoms with van der Waals surface area (Å²) in [6, 6.07) is -0.0337. The number of hydrogen-bond acceptors (Lipinski definition) is 3. The van der Waals surface area contributed by atoms with Gasteiger partial charge in [0.15, 0.2) is 0 Å². The molecule has 0 N–H and O–H groups in total. The van der Waals surface area contributed by atoms with Gasteiger partial charge in [0.1, 0.15) is 5.78 Å². The molecule has 0 aromatic rings. The van der Waals surface area contributed by atoms with Crippen LogP contribution < -0.4 is 0 Å². The Labute approximate surface area is 128 Å². The molecule has 5 heteroatoms. The minimum absolute atomic E-state index is 0.0198. The van der Waals surface area contributed by atoms with Gasteiger partial charge in [-0.3, -0.25) is 4.79 Å². The van der Waals surface area contributed by atoms with Gasteiger partial charge in [-0.05, 0) is 44.4 Å². The summed E-state index contributed by atoms with van der Waals surface area (Å²) in [4.78, 5) is 12.0. The van der Waals surface area contributed by atoms with E-state index in [9.17, 15) is 13.2 Å². The average molecular weight is 313 g/mol. The maximum absolute atomic E-state index is 12.8. The first-order valence-corrected chi connectivity index (χ1v) is 10.2. The Morgan fingerprint density at radius 1 is 0.952 bits per heavy atom. The lowest BCUT2D eigenvalue weighted by Gasteiger charge is -2.30. The van der Waals surface area contributed by atoms with Gasteiger partial charge >= 0.3 is 0 Å². The summed E-state index contributed by atoms with van der Waals surface area (Å²) in [6.07, 6.45) is 9.97. The molecule has 0 aromatic heterocycles. The monoisotopic (exact) mass is 313 g/mol. The molecule has 1 aliphatic heterocycles. The van der Waals surface area contributed by atoms with Crippen molar-refractivity contribution >= 4 is 15.8 Å². The zero-order chi connectivity index (χ0) is 14.9. The molecule has 2 aliphatic carbocycles. The standard InChI is InChI=1S/C16H27NO3S/c18-16-10-4-8-14(16)15-9-5-11-17(15)21(19,20)12-13-6-2-1-3-7-13/h13-15H,1-12H2. The number of rotatable bonds is 4. The van der Waals surface area contributed by atoms with Crippen LogP contribution in [0.1, 0.15) is 64.2 Å². The van der Waals surface area contributed by atoms with Gasteiger partial charge in [0.25, 0.3) is 0 Å². The predicted octanol–water partition coefficient (Wildman–Crippen LogP) is 2.73. The van der Waals surface area contributed by atoms with Crippen LogP contribution in [0.15, 0.2) is 0 Å². The third-order valence-electron chi connectivity index (χ3n) is 5.59. The van der Waals surface area contributed by atoms with Crippen LogP contribution in [0.25, 0.3) is 0 Å². The van der Waals surface area contributed by atoms with E-state index in [-0.39, 0.29) is 12.0 Å². The topological polar surface area (TPSA) is 54.5 Å². The van der Waals surface area contributed by atoms with E-state index in [1.165, 1.54) is 19.3 Å². The predicted molar refractivity (Wildman–Crippen MR) is 82.4 cm³/mol. The average Bonchev–Trinajstić information content (AvgIpc) is 3.07. The molecule has 1 heterocycles. The molecule has 1 saturated heterocycles. The van der Waals surface area contributed by atoms with Crippen LogP contribution in [0.4, 0.5) is 0 Å². The fourth-order valence-corrected chi connectivity index (χ4v) is 6.70. The second-order valence-corrected chi connectivity index (χ2v) is 9.03. The number of nitrogens with zero attached hydrogens (tertiary/aromatic N) is 1. The Morgan fingerprint density at radius 2 is 1.71 bits per heavy atom. The highest BCUT2D eigenvalue weighted by Crippen LogP contribution is 2.36. The van der Waals surface area contributed by atoms with Gasteiger partial charge in [-0.1, -0.05) is 19.3 Å². The highest BCUT2D eigenvalue weighted by Gasteiger charge is 2.43. The number of carbonyl (C=O) groups is 1. The molecule has 0 bridgehead atoms. The quantitative estimate of drug-likeness (QED) is 0.802. The van der Waals surface area contributed by atoms with Crippen molar-refractivity contribution in [1.82, 2.24) is 4.31 Å². The molecule has 3 fully saturated rings. The molecule has 0 radical (unpaired) electrons. The zero-order valence-corrected chi connectivity index (χ0v) is 13.6. The summed E-state index contributed by atoms with van der Waals surface area (Å²) in [6.45, 7) is 0.628. The Balaban J connectivity index is 1.69. The summed E-state index contributed by atoms with van der Waals surface area (Å²) in [5, 5.41) is 0. The Hall–Kier alpha value is -0.420. The first kappa shape index (κ1) is 15.5. The molecule has 3 aliphatic rings. The molecular formula is C16H27NO3S. The van der Waals surface area contributed by atoms with Crippen molar-refractivity contribution in [2.24, 2.45) is 11.8 Å². The first-order chi connectivity index (χ1) is 10.1. The van der Waals surface area contributed by atoms with Crippen LogP contribution in [-0.4, -0.2) is 36.8 Å². The van der Waals surface area contributed by atoms with Gasteiger partial charge in [0, 0.05) is 24.9 Å². The van der Waals surface area contributed by atoms with Crippen molar-refractivity contribution in [2.45, 2.75) is 70.3 Å². The summed E-state index contributed by atoms with van der Waals surface area (Å²) in [5.41, 5.74) is 0. The summed E-state index contributed by atoms with van der Waals surface area (Å²) in [5.74, 6) is 0.919. The van der Waals surface area contributed by atoms with Crippen LogP contribution in [0, 0.1) is 11.8 Å². The molecule has 0 aromatic carbocycles. The van der Waals surface area contributed by atoms with E-state index in [1.54, 1.807) is 4.31 Å². The maximum Gasteiger partial charge on any atom is 0.214 e. The van der Waals surface area contributed by atoms with E-state index in [0.29, 0.717) is 30.4 Å². The lowest BCUT2D eigenvalue weighted by molar-refractivity contribution is -0.121. The summed E-state index contributed by atoms with van der Waals surface area (Å²) >= 11 is 0. The van der Waals surface area contributed by atoms with Gasteiger partial charge in [0.2, 0.25) is 10.0 Å². The molecule has 0 spiro atoms. The largest absolute Gasteiger partial charge is 0.299 e. The lowest BCUT2D eigenvalue weighted by atomic mass is 9.91. The summed E-state index contributed by atoms with van der Waals surface area (Å²) in [7, 11) is -3.19. The molecular weight excluding hydrogens is 286 g/mol.